The number of Topliss-reactive ketones (excluding diaryl/α,β-unsaturated/α-hetero) is 1. The summed E-state index contributed by atoms with van der Waals surface area (Å²) in [5.74, 6) is -2.63. The first kappa shape index (κ1) is 12.3. The van der Waals surface area contributed by atoms with Gasteiger partial charge in [0.05, 0.1) is 12.1 Å². The molecule has 0 aromatic heterocycles. The Morgan fingerprint density at radius 2 is 2.12 bits per heavy atom. The van der Waals surface area contributed by atoms with E-state index in [0.717, 1.165) is 0 Å². The van der Waals surface area contributed by atoms with Crippen molar-refractivity contribution in [3.63, 3.8) is 0 Å². The summed E-state index contributed by atoms with van der Waals surface area (Å²) in [4.78, 5) is 33.8. The fraction of sp³-hybridized carbons (Fsp3) is 0.333. The van der Waals surface area contributed by atoms with Crippen LogP contribution in [0.3, 0.4) is 0 Å². The van der Waals surface area contributed by atoms with E-state index >= 15 is 0 Å². The maximum absolute atomic E-state index is 11.3. The van der Waals surface area contributed by atoms with E-state index in [0.29, 0.717) is 0 Å². The van der Waals surface area contributed by atoms with Gasteiger partial charge >= 0.3 is 5.97 Å². The number of carbonyl (C=O) groups is 2. The fourth-order valence-corrected chi connectivity index (χ4v) is 1.84. The summed E-state index contributed by atoms with van der Waals surface area (Å²) in [6.07, 6.45) is 0. The third-order valence-electron chi connectivity index (χ3n) is 2.17. The van der Waals surface area contributed by atoms with Crippen LogP contribution in [0.25, 0.3) is 0 Å². The standard InChI is InChI=1S/C9H8ClNO5/c1-11-4(3-12)5(7(13)9(14)15)6(10)8(11)16-2/h5H,1-2H3,(H,14,15). The van der Waals surface area contributed by atoms with Gasteiger partial charge in [-0.15, -0.1) is 0 Å². The molecule has 6 nitrogen and oxygen atoms in total. The molecule has 0 aromatic carbocycles. The van der Waals surface area contributed by atoms with Crippen molar-refractivity contribution < 1.29 is 24.2 Å². The van der Waals surface area contributed by atoms with Crippen molar-refractivity contribution in [3.8, 4) is 0 Å². The predicted molar refractivity (Wildman–Crippen MR) is 53.0 cm³/mol. The van der Waals surface area contributed by atoms with Crippen LogP contribution < -0.4 is 0 Å². The third kappa shape index (κ3) is 1.68. The third-order valence-corrected chi connectivity index (χ3v) is 2.55. The number of hydrogen-bond acceptors (Lipinski definition) is 5. The van der Waals surface area contributed by atoms with E-state index in [9.17, 15) is 14.4 Å². The smallest absolute Gasteiger partial charge is 0.373 e. The van der Waals surface area contributed by atoms with Gasteiger partial charge in [-0.05, 0) is 0 Å². The molecule has 0 amide bonds. The van der Waals surface area contributed by atoms with Gasteiger partial charge in [0.15, 0.2) is 0 Å². The van der Waals surface area contributed by atoms with Gasteiger partial charge in [-0.25, -0.2) is 9.59 Å². The van der Waals surface area contributed by atoms with E-state index in [4.69, 9.17) is 21.4 Å². The topological polar surface area (TPSA) is 83.9 Å². The minimum Gasteiger partial charge on any atom is -0.481 e. The zero-order valence-corrected chi connectivity index (χ0v) is 9.24. The van der Waals surface area contributed by atoms with Crippen LogP contribution in [0.1, 0.15) is 0 Å². The molecule has 0 spiro atoms. The normalized spacial score (nSPS) is 19.8. The lowest BCUT2D eigenvalue weighted by Gasteiger charge is -2.14. The quantitative estimate of drug-likeness (QED) is 0.555. The zero-order chi connectivity index (χ0) is 12.5. The second-order valence-corrected chi connectivity index (χ2v) is 3.41. The largest absolute Gasteiger partial charge is 0.481 e. The fourth-order valence-electron chi connectivity index (χ4n) is 1.43. The van der Waals surface area contributed by atoms with Crippen molar-refractivity contribution in [2.45, 2.75) is 0 Å². The second kappa shape index (κ2) is 4.38. The lowest BCUT2D eigenvalue weighted by Crippen LogP contribution is -2.26. The number of rotatable bonds is 3. The molecule has 86 valence electrons. The minimum atomic E-state index is -1.67. The van der Waals surface area contributed by atoms with Crippen LogP contribution in [-0.4, -0.2) is 41.9 Å². The maximum atomic E-state index is 11.3. The Labute approximate surface area is 95.7 Å². The van der Waals surface area contributed by atoms with Crippen molar-refractivity contribution in [2.24, 2.45) is 5.92 Å². The first-order valence-corrected chi connectivity index (χ1v) is 4.53. The molecule has 7 heteroatoms. The molecule has 0 saturated heterocycles. The van der Waals surface area contributed by atoms with Crippen LogP contribution in [0.15, 0.2) is 16.6 Å². The molecule has 1 aliphatic heterocycles. The summed E-state index contributed by atoms with van der Waals surface area (Å²) < 4.78 is 4.86. The summed E-state index contributed by atoms with van der Waals surface area (Å²) in [5, 5.41) is 8.46. The van der Waals surface area contributed by atoms with Gasteiger partial charge in [-0.3, -0.25) is 4.79 Å². The molecule has 1 atom stereocenters. The molecule has 1 rings (SSSR count). The average molecular weight is 246 g/mol. The maximum Gasteiger partial charge on any atom is 0.373 e. The summed E-state index contributed by atoms with van der Waals surface area (Å²) in [6, 6.07) is 0. The lowest BCUT2D eigenvalue weighted by molar-refractivity contribution is -0.150. The highest BCUT2D eigenvalue weighted by Gasteiger charge is 2.43. The number of methoxy groups -OCH3 is 1. The summed E-state index contributed by atoms with van der Waals surface area (Å²) in [6.45, 7) is 0. The summed E-state index contributed by atoms with van der Waals surface area (Å²) >= 11 is 5.78. The molecule has 16 heavy (non-hydrogen) atoms. The number of ether oxygens (including phenoxy) is 1. The first-order chi connectivity index (χ1) is 7.45. The predicted octanol–water partition coefficient (Wildman–Crippen LogP) is -0.0285. The van der Waals surface area contributed by atoms with E-state index < -0.39 is 17.7 Å². The molecule has 0 fully saturated rings. The number of carboxylic acid groups (broad SMARTS) is 1. The highest BCUT2D eigenvalue weighted by molar-refractivity contribution is 6.41. The highest BCUT2D eigenvalue weighted by atomic mass is 35.5. The summed E-state index contributed by atoms with van der Waals surface area (Å²) in [7, 11) is 2.72. The number of allylic oxidation sites excluding steroid dienone is 1. The lowest BCUT2D eigenvalue weighted by atomic mass is 10.0. The first-order valence-electron chi connectivity index (χ1n) is 4.15. The Hall–Kier alpha value is -1.78. The molecule has 1 N–H and O–H groups in total. The SMILES string of the molecule is COC1=C(Cl)C(C(=O)C(=O)O)C(=C=O)N1C. The van der Waals surface area contributed by atoms with E-state index in [1.807, 2.05) is 0 Å². The Bertz CT molecular complexity index is 435. The molecule has 0 aliphatic carbocycles. The Morgan fingerprint density at radius 1 is 1.56 bits per heavy atom. The van der Waals surface area contributed by atoms with Crippen molar-refractivity contribution in [2.75, 3.05) is 14.2 Å². The van der Waals surface area contributed by atoms with Crippen LogP contribution in [0.2, 0.25) is 0 Å². The number of ketones is 1. The van der Waals surface area contributed by atoms with Gasteiger partial charge in [-0.2, -0.15) is 0 Å². The van der Waals surface area contributed by atoms with Gasteiger partial charge < -0.3 is 14.7 Å². The molecular formula is C9H8ClNO5. The van der Waals surface area contributed by atoms with E-state index in [2.05, 4.69) is 0 Å². The van der Waals surface area contributed by atoms with Crippen molar-refractivity contribution in [1.82, 2.24) is 4.90 Å². The molecule has 0 bridgehead atoms. The molecule has 1 heterocycles. The number of hydrogen-bond donors (Lipinski definition) is 1. The zero-order valence-electron chi connectivity index (χ0n) is 8.48. The highest BCUT2D eigenvalue weighted by Crippen LogP contribution is 2.37. The second-order valence-electron chi connectivity index (χ2n) is 3.01. The van der Waals surface area contributed by atoms with E-state index in [-0.39, 0.29) is 16.6 Å². The van der Waals surface area contributed by atoms with Gasteiger partial charge in [-0.1, -0.05) is 11.6 Å². The van der Waals surface area contributed by atoms with Gasteiger partial charge in [0.1, 0.15) is 17.6 Å². The van der Waals surface area contributed by atoms with Crippen LogP contribution >= 0.6 is 11.6 Å². The Morgan fingerprint density at radius 3 is 2.50 bits per heavy atom. The monoisotopic (exact) mass is 245 g/mol. The summed E-state index contributed by atoms with van der Waals surface area (Å²) in [5.41, 5.74) is -0.172. The molecule has 0 radical (unpaired) electrons. The Balaban J connectivity index is 3.27. The van der Waals surface area contributed by atoms with Crippen LogP contribution in [0.5, 0.6) is 0 Å². The van der Waals surface area contributed by atoms with Crippen LogP contribution in [-0.2, 0) is 19.1 Å². The number of aliphatic carboxylic acids is 1. The molecule has 1 unspecified atom stereocenters. The number of halogens is 1. The van der Waals surface area contributed by atoms with E-state index in [1.165, 1.54) is 25.0 Å². The van der Waals surface area contributed by atoms with Gasteiger partial charge in [0, 0.05) is 7.05 Å². The van der Waals surface area contributed by atoms with Crippen LogP contribution in [0.4, 0.5) is 0 Å². The van der Waals surface area contributed by atoms with Crippen molar-refractivity contribution in [1.29, 1.82) is 0 Å². The van der Waals surface area contributed by atoms with Gasteiger partial charge in [0.2, 0.25) is 5.88 Å². The number of nitrogens with zero attached hydrogens (tertiary/aromatic N) is 1. The number of carbonyl (C=O) groups excluding carboxylic acids is 2. The molecule has 0 saturated carbocycles. The van der Waals surface area contributed by atoms with Crippen LogP contribution in [0, 0.1) is 5.92 Å². The molecular weight excluding hydrogens is 238 g/mol. The van der Waals surface area contributed by atoms with E-state index in [1.54, 1.807) is 0 Å². The minimum absolute atomic E-state index is 0.0691. The number of carboxylic acids is 1. The van der Waals surface area contributed by atoms with Gasteiger partial charge in [0.25, 0.3) is 5.78 Å². The molecule has 0 aromatic rings. The average Bonchev–Trinajstić information content (AvgIpc) is 2.48. The Kier molecular flexibility index (Phi) is 3.37. The van der Waals surface area contributed by atoms with Crippen molar-refractivity contribution in [3.05, 3.63) is 16.6 Å². The molecule has 1 aliphatic rings. The van der Waals surface area contributed by atoms with Crippen molar-refractivity contribution >= 4 is 29.3 Å².